The topological polar surface area (TPSA) is 99.4 Å². The lowest BCUT2D eigenvalue weighted by molar-refractivity contribution is 0.102. The van der Waals surface area contributed by atoms with Crippen molar-refractivity contribution < 1.29 is 18.7 Å². The Morgan fingerprint density at radius 3 is 2.83 bits per heavy atom. The fraction of sp³-hybridized carbons (Fsp3) is 0.200. The minimum Gasteiger partial charge on any atom is -0.454 e. The normalized spacial score (nSPS) is 12.4. The van der Waals surface area contributed by atoms with Crippen molar-refractivity contribution in [1.82, 2.24) is 15.2 Å². The fourth-order valence-electron chi connectivity index (χ4n) is 2.30. The highest BCUT2D eigenvalue weighted by Crippen LogP contribution is 2.33. The van der Waals surface area contributed by atoms with Crippen LogP contribution in [0.3, 0.4) is 0 Å². The van der Waals surface area contributed by atoms with Crippen LogP contribution in [0.5, 0.6) is 11.5 Å². The van der Waals surface area contributed by atoms with E-state index in [1.165, 1.54) is 11.3 Å². The number of ether oxygens (including phenoxy) is 2. The van der Waals surface area contributed by atoms with Crippen LogP contribution in [-0.4, -0.2) is 27.9 Å². The number of thiazole rings is 1. The lowest BCUT2D eigenvalue weighted by Crippen LogP contribution is -2.12. The summed E-state index contributed by atoms with van der Waals surface area (Å²) in [5.41, 5.74) is 1.22. The molecule has 24 heavy (non-hydrogen) atoms. The molecule has 0 atom stereocenters. The van der Waals surface area contributed by atoms with Crippen LogP contribution >= 0.6 is 11.3 Å². The van der Waals surface area contributed by atoms with Gasteiger partial charge in [0.15, 0.2) is 11.5 Å². The maximum atomic E-state index is 12.3. The number of carbonyl (C=O) groups is 1. The van der Waals surface area contributed by atoms with E-state index in [9.17, 15) is 4.79 Å². The molecule has 0 fully saturated rings. The molecule has 1 aliphatic heterocycles. The standard InChI is InChI=1S/C15H12N4O4S/c1-7-12(24-8(2)16-7)14-18-19-15(23-14)17-13(20)9-3-4-10-11(5-9)22-6-21-10/h3-5H,6H2,1-2H3,(H,17,19,20). The Hall–Kier alpha value is -2.94. The zero-order chi connectivity index (χ0) is 16.7. The van der Waals surface area contributed by atoms with Crippen LogP contribution in [0.15, 0.2) is 22.6 Å². The molecule has 4 rings (SSSR count). The number of hydrogen-bond donors (Lipinski definition) is 1. The van der Waals surface area contributed by atoms with Gasteiger partial charge in [-0.25, -0.2) is 4.98 Å². The molecule has 0 bridgehead atoms. The van der Waals surface area contributed by atoms with Crippen LogP contribution in [0.25, 0.3) is 10.8 Å². The number of anilines is 1. The first kappa shape index (κ1) is 14.6. The Balaban J connectivity index is 1.53. The molecule has 0 radical (unpaired) electrons. The number of aromatic nitrogens is 3. The quantitative estimate of drug-likeness (QED) is 0.780. The molecule has 9 heteroatoms. The second kappa shape index (κ2) is 5.60. The van der Waals surface area contributed by atoms with E-state index in [0.717, 1.165) is 15.6 Å². The van der Waals surface area contributed by atoms with Crippen molar-refractivity contribution in [2.45, 2.75) is 13.8 Å². The SMILES string of the molecule is Cc1nc(C)c(-c2nnc(NC(=O)c3ccc4c(c3)OCO4)o2)s1. The first-order valence-corrected chi connectivity index (χ1v) is 7.91. The third-order valence-electron chi connectivity index (χ3n) is 3.38. The van der Waals surface area contributed by atoms with Crippen LogP contribution in [0.1, 0.15) is 21.1 Å². The Morgan fingerprint density at radius 2 is 2.04 bits per heavy atom. The molecule has 8 nitrogen and oxygen atoms in total. The Morgan fingerprint density at radius 1 is 1.21 bits per heavy atom. The molecule has 1 amide bonds. The third-order valence-corrected chi connectivity index (χ3v) is 4.44. The van der Waals surface area contributed by atoms with Gasteiger partial charge in [0.25, 0.3) is 11.8 Å². The molecule has 0 saturated heterocycles. The Kier molecular flexibility index (Phi) is 3.42. The molecule has 0 saturated carbocycles. The van der Waals surface area contributed by atoms with Crippen molar-refractivity contribution in [1.29, 1.82) is 0 Å². The van der Waals surface area contributed by atoms with E-state index >= 15 is 0 Å². The average Bonchev–Trinajstić information content (AvgIpc) is 3.26. The number of benzene rings is 1. The minimum absolute atomic E-state index is 0.0260. The second-order valence-corrected chi connectivity index (χ2v) is 6.29. The van der Waals surface area contributed by atoms with Crippen molar-refractivity contribution >= 4 is 23.3 Å². The van der Waals surface area contributed by atoms with Crippen molar-refractivity contribution in [3.8, 4) is 22.3 Å². The third kappa shape index (κ3) is 2.58. The minimum atomic E-state index is -0.374. The first-order chi connectivity index (χ1) is 11.6. The van der Waals surface area contributed by atoms with Gasteiger partial charge < -0.3 is 13.9 Å². The first-order valence-electron chi connectivity index (χ1n) is 7.09. The maximum absolute atomic E-state index is 12.3. The number of nitrogens with one attached hydrogen (secondary N) is 1. The summed E-state index contributed by atoms with van der Waals surface area (Å²) in [6, 6.07) is 4.95. The molecular formula is C15H12N4O4S. The van der Waals surface area contributed by atoms with Crippen molar-refractivity contribution in [2.75, 3.05) is 12.1 Å². The highest BCUT2D eigenvalue weighted by Gasteiger charge is 2.19. The van der Waals surface area contributed by atoms with Gasteiger partial charge in [-0.15, -0.1) is 16.4 Å². The maximum Gasteiger partial charge on any atom is 0.322 e. The van der Waals surface area contributed by atoms with E-state index in [1.54, 1.807) is 18.2 Å². The van der Waals surface area contributed by atoms with Crippen LogP contribution in [0.2, 0.25) is 0 Å². The fourth-order valence-corrected chi connectivity index (χ4v) is 3.14. The number of fused-ring (bicyclic) bond motifs is 1. The summed E-state index contributed by atoms with van der Waals surface area (Å²) in [6.07, 6.45) is 0. The van der Waals surface area contributed by atoms with Gasteiger partial charge in [-0.1, -0.05) is 5.10 Å². The number of hydrogen-bond acceptors (Lipinski definition) is 8. The van der Waals surface area contributed by atoms with Gasteiger partial charge in [0, 0.05) is 5.56 Å². The number of nitrogens with zero attached hydrogens (tertiary/aromatic N) is 3. The van der Waals surface area contributed by atoms with E-state index < -0.39 is 0 Å². The van der Waals surface area contributed by atoms with Crippen molar-refractivity contribution in [3.05, 3.63) is 34.5 Å². The predicted molar refractivity (Wildman–Crippen MR) is 85.4 cm³/mol. The highest BCUT2D eigenvalue weighted by atomic mass is 32.1. The van der Waals surface area contributed by atoms with Gasteiger partial charge in [0.2, 0.25) is 6.79 Å². The van der Waals surface area contributed by atoms with Gasteiger partial charge >= 0.3 is 6.01 Å². The van der Waals surface area contributed by atoms with Crippen LogP contribution < -0.4 is 14.8 Å². The van der Waals surface area contributed by atoms with Crippen LogP contribution in [0.4, 0.5) is 6.01 Å². The summed E-state index contributed by atoms with van der Waals surface area (Å²) in [5, 5.41) is 11.3. The summed E-state index contributed by atoms with van der Waals surface area (Å²) in [7, 11) is 0. The number of aryl methyl sites for hydroxylation is 2. The van der Waals surface area contributed by atoms with E-state index in [-0.39, 0.29) is 18.7 Å². The smallest absolute Gasteiger partial charge is 0.322 e. The lowest BCUT2D eigenvalue weighted by Gasteiger charge is -2.02. The molecule has 1 aliphatic rings. The van der Waals surface area contributed by atoms with Gasteiger partial charge in [0.05, 0.1) is 10.7 Å². The molecule has 0 unspecified atom stereocenters. The molecule has 1 aromatic carbocycles. The molecule has 3 aromatic rings. The van der Waals surface area contributed by atoms with E-state index in [2.05, 4.69) is 20.5 Å². The van der Waals surface area contributed by atoms with E-state index in [0.29, 0.717) is 23.0 Å². The molecule has 122 valence electrons. The molecule has 2 aromatic heterocycles. The zero-order valence-corrected chi connectivity index (χ0v) is 13.6. The largest absolute Gasteiger partial charge is 0.454 e. The summed E-state index contributed by atoms with van der Waals surface area (Å²) in [6.45, 7) is 3.93. The second-order valence-electron chi connectivity index (χ2n) is 5.08. The molecule has 0 spiro atoms. The number of rotatable bonds is 3. The van der Waals surface area contributed by atoms with Gasteiger partial charge in [-0.05, 0) is 32.0 Å². The van der Waals surface area contributed by atoms with Crippen LogP contribution in [-0.2, 0) is 0 Å². The monoisotopic (exact) mass is 344 g/mol. The highest BCUT2D eigenvalue weighted by molar-refractivity contribution is 7.15. The van der Waals surface area contributed by atoms with Crippen molar-refractivity contribution in [2.24, 2.45) is 0 Å². The summed E-state index contributed by atoms with van der Waals surface area (Å²) < 4.78 is 16.0. The van der Waals surface area contributed by atoms with Gasteiger partial charge in [-0.3, -0.25) is 10.1 Å². The van der Waals surface area contributed by atoms with Gasteiger partial charge in [-0.2, -0.15) is 0 Å². The number of amides is 1. The summed E-state index contributed by atoms with van der Waals surface area (Å²) in [4.78, 5) is 17.4. The van der Waals surface area contributed by atoms with Gasteiger partial charge in [0.1, 0.15) is 4.88 Å². The molecular weight excluding hydrogens is 332 g/mol. The number of carbonyl (C=O) groups excluding carboxylic acids is 1. The summed E-state index contributed by atoms with van der Waals surface area (Å²) in [5.74, 6) is 1.10. The molecule has 3 heterocycles. The molecule has 0 aliphatic carbocycles. The van der Waals surface area contributed by atoms with Crippen LogP contribution in [0, 0.1) is 13.8 Å². The summed E-state index contributed by atoms with van der Waals surface area (Å²) >= 11 is 1.46. The van der Waals surface area contributed by atoms with Crippen molar-refractivity contribution in [3.63, 3.8) is 0 Å². The van der Waals surface area contributed by atoms with E-state index in [4.69, 9.17) is 13.9 Å². The van der Waals surface area contributed by atoms with E-state index in [1.807, 2.05) is 13.8 Å². The zero-order valence-electron chi connectivity index (χ0n) is 12.8. The molecule has 1 N–H and O–H groups in total. The average molecular weight is 344 g/mol. The Bertz CT molecular complexity index is 933. The lowest BCUT2D eigenvalue weighted by atomic mass is 10.2. The Labute approximate surface area is 140 Å². The predicted octanol–water partition coefficient (Wildman–Crippen LogP) is 2.79.